The molecule has 6 heteroatoms. The number of nitrogens with one attached hydrogen (secondary N) is 1. The lowest BCUT2D eigenvalue weighted by Gasteiger charge is -2.09. The summed E-state index contributed by atoms with van der Waals surface area (Å²) in [5, 5.41) is 9.84. The summed E-state index contributed by atoms with van der Waals surface area (Å²) in [7, 11) is -3.69. The monoisotopic (exact) mass is 421 g/mol. The number of phenolic OH excluding ortho intramolecular Hbond substituents is 1. The van der Waals surface area contributed by atoms with Gasteiger partial charge in [-0.1, -0.05) is 23.8 Å². The van der Waals surface area contributed by atoms with Crippen molar-refractivity contribution in [1.29, 1.82) is 0 Å². The third-order valence-corrected chi connectivity index (χ3v) is 6.09. The standard InChI is InChI=1S/C24H23NO4S/c1-16-4-11-22(12-5-16)30(28,29)25-21-9-7-20(8-10-21)23(26)13-6-19-14-17(2)24(27)18(3)15-19/h4-15,25,27H,1-3H3/b13-6+. The maximum atomic E-state index is 12.5. The lowest BCUT2D eigenvalue weighted by molar-refractivity contribution is 0.104. The first kappa shape index (κ1) is 21.3. The summed E-state index contributed by atoms with van der Waals surface area (Å²) in [4.78, 5) is 12.6. The highest BCUT2D eigenvalue weighted by molar-refractivity contribution is 7.92. The Hall–Kier alpha value is -3.38. The number of carbonyl (C=O) groups excluding carboxylic acids is 1. The Kier molecular flexibility index (Phi) is 6.08. The van der Waals surface area contributed by atoms with E-state index in [9.17, 15) is 18.3 Å². The summed E-state index contributed by atoms with van der Waals surface area (Å²) < 4.78 is 27.4. The molecule has 3 aromatic carbocycles. The van der Waals surface area contributed by atoms with E-state index in [0.717, 1.165) is 22.3 Å². The number of sulfonamides is 1. The van der Waals surface area contributed by atoms with Gasteiger partial charge in [0.05, 0.1) is 4.90 Å². The van der Waals surface area contributed by atoms with Gasteiger partial charge in [-0.25, -0.2) is 8.42 Å². The quantitative estimate of drug-likeness (QED) is 0.433. The van der Waals surface area contributed by atoms with Gasteiger partial charge in [-0.15, -0.1) is 0 Å². The van der Waals surface area contributed by atoms with Crippen molar-refractivity contribution in [2.45, 2.75) is 25.7 Å². The van der Waals surface area contributed by atoms with Gasteiger partial charge in [-0.3, -0.25) is 9.52 Å². The van der Waals surface area contributed by atoms with Gasteiger partial charge in [0, 0.05) is 11.3 Å². The van der Waals surface area contributed by atoms with Crippen LogP contribution in [0.1, 0.15) is 32.6 Å². The maximum absolute atomic E-state index is 12.5. The molecule has 0 saturated heterocycles. The minimum Gasteiger partial charge on any atom is -0.507 e. The third kappa shape index (κ3) is 4.96. The van der Waals surface area contributed by atoms with Crippen molar-refractivity contribution in [1.82, 2.24) is 0 Å². The van der Waals surface area contributed by atoms with Gasteiger partial charge in [-0.2, -0.15) is 0 Å². The molecule has 0 unspecified atom stereocenters. The molecule has 0 aromatic heterocycles. The van der Waals surface area contributed by atoms with Crippen molar-refractivity contribution >= 4 is 27.6 Å². The number of anilines is 1. The van der Waals surface area contributed by atoms with Gasteiger partial charge in [0.15, 0.2) is 5.78 Å². The molecule has 2 N–H and O–H groups in total. The van der Waals surface area contributed by atoms with E-state index in [4.69, 9.17) is 0 Å². The van der Waals surface area contributed by atoms with Crippen LogP contribution in [-0.2, 0) is 10.0 Å². The molecule has 3 aromatic rings. The molecule has 30 heavy (non-hydrogen) atoms. The van der Waals surface area contributed by atoms with Gasteiger partial charge >= 0.3 is 0 Å². The third-order valence-electron chi connectivity index (χ3n) is 4.69. The number of aromatic hydroxyl groups is 1. The molecule has 0 aliphatic carbocycles. The smallest absolute Gasteiger partial charge is 0.261 e. The van der Waals surface area contributed by atoms with Crippen molar-refractivity contribution in [3.05, 3.63) is 94.6 Å². The number of allylic oxidation sites excluding steroid dienone is 1. The molecule has 0 spiro atoms. The summed E-state index contributed by atoms with van der Waals surface area (Å²) in [6, 6.07) is 16.4. The van der Waals surface area contributed by atoms with E-state index >= 15 is 0 Å². The van der Waals surface area contributed by atoms with Gasteiger partial charge in [-0.05, 0) is 92.1 Å². The van der Waals surface area contributed by atoms with E-state index in [1.807, 2.05) is 6.92 Å². The van der Waals surface area contributed by atoms with Crippen LogP contribution < -0.4 is 4.72 Å². The highest BCUT2D eigenvalue weighted by Crippen LogP contribution is 2.24. The van der Waals surface area contributed by atoms with E-state index in [-0.39, 0.29) is 16.4 Å². The normalized spacial score (nSPS) is 11.6. The fourth-order valence-electron chi connectivity index (χ4n) is 2.99. The SMILES string of the molecule is Cc1ccc(S(=O)(=O)Nc2ccc(C(=O)/C=C/c3cc(C)c(O)c(C)c3)cc2)cc1. The van der Waals surface area contributed by atoms with Crippen LogP contribution in [0, 0.1) is 20.8 Å². The number of phenols is 1. The van der Waals surface area contributed by atoms with Crippen molar-refractivity contribution < 1.29 is 18.3 Å². The van der Waals surface area contributed by atoms with Crippen LogP contribution in [0.3, 0.4) is 0 Å². The number of rotatable bonds is 6. The Morgan fingerprint density at radius 3 is 2.03 bits per heavy atom. The Balaban J connectivity index is 1.72. The second-order valence-electron chi connectivity index (χ2n) is 7.20. The number of benzene rings is 3. The summed E-state index contributed by atoms with van der Waals surface area (Å²) in [6.45, 7) is 5.49. The van der Waals surface area contributed by atoms with E-state index in [0.29, 0.717) is 11.3 Å². The Bertz CT molecular complexity index is 1190. The largest absolute Gasteiger partial charge is 0.507 e. The fourth-order valence-corrected chi connectivity index (χ4v) is 4.05. The molecule has 5 nitrogen and oxygen atoms in total. The Morgan fingerprint density at radius 1 is 0.900 bits per heavy atom. The number of hydrogen-bond acceptors (Lipinski definition) is 4. The van der Waals surface area contributed by atoms with Crippen LogP contribution >= 0.6 is 0 Å². The number of aryl methyl sites for hydroxylation is 3. The van der Waals surface area contributed by atoms with Crippen LogP contribution in [0.2, 0.25) is 0 Å². The van der Waals surface area contributed by atoms with Gasteiger partial charge in [0.2, 0.25) is 0 Å². The van der Waals surface area contributed by atoms with E-state index in [1.54, 1.807) is 80.6 Å². The molecule has 0 aliphatic heterocycles. The molecule has 0 saturated carbocycles. The molecule has 0 radical (unpaired) electrons. The minimum atomic E-state index is -3.69. The van der Waals surface area contributed by atoms with Gasteiger partial charge < -0.3 is 5.11 Å². The molecular weight excluding hydrogens is 398 g/mol. The predicted molar refractivity (Wildman–Crippen MR) is 119 cm³/mol. The van der Waals surface area contributed by atoms with Crippen LogP contribution in [0.5, 0.6) is 5.75 Å². The average Bonchev–Trinajstić information content (AvgIpc) is 2.70. The number of ketones is 1. The molecule has 0 aliphatic rings. The fraction of sp³-hybridized carbons (Fsp3) is 0.125. The molecule has 0 amide bonds. The van der Waals surface area contributed by atoms with Crippen LogP contribution in [0.15, 0.2) is 71.6 Å². The van der Waals surface area contributed by atoms with E-state index in [2.05, 4.69) is 4.72 Å². The average molecular weight is 422 g/mol. The summed E-state index contributed by atoms with van der Waals surface area (Å²) in [5.41, 5.74) is 4.10. The molecule has 0 heterocycles. The van der Waals surface area contributed by atoms with Gasteiger partial charge in [0.1, 0.15) is 5.75 Å². The Morgan fingerprint density at radius 2 is 1.47 bits per heavy atom. The van der Waals surface area contributed by atoms with Crippen LogP contribution in [-0.4, -0.2) is 19.3 Å². The molecule has 0 fully saturated rings. The highest BCUT2D eigenvalue weighted by atomic mass is 32.2. The van der Waals surface area contributed by atoms with Crippen molar-refractivity contribution in [3.8, 4) is 5.75 Å². The first-order valence-electron chi connectivity index (χ1n) is 9.38. The number of carbonyl (C=O) groups is 1. The van der Waals surface area contributed by atoms with Crippen LogP contribution in [0.4, 0.5) is 5.69 Å². The topological polar surface area (TPSA) is 83.5 Å². The molecule has 0 atom stereocenters. The lowest BCUT2D eigenvalue weighted by atomic mass is 10.0. The maximum Gasteiger partial charge on any atom is 0.261 e. The zero-order valence-electron chi connectivity index (χ0n) is 17.0. The second kappa shape index (κ2) is 8.55. The highest BCUT2D eigenvalue weighted by Gasteiger charge is 2.14. The molecule has 0 bridgehead atoms. The first-order chi connectivity index (χ1) is 14.2. The van der Waals surface area contributed by atoms with E-state index in [1.165, 1.54) is 6.08 Å². The minimum absolute atomic E-state index is 0.177. The second-order valence-corrected chi connectivity index (χ2v) is 8.88. The van der Waals surface area contributed by atoms with Crippen molar-refractivity contribution in [3.63, 3.8) is 0 Å². The zero-order valence-corrected chi connectivity index (χ0v) is 17.8. The van der Waals surface area contributed by atoms with Crippen molar-refractivity contribution in [2.24, 2.45) is 0 Å². The summed E-state index contributed by atoms with van der Waals surface area (Å²) in [5.74, 6) is 0.0495. The zero-order chi connectivity index (χ0) is 21.9. The first-order valence-corrected chi connectivity index (χ1v) is 10.9. The lowest BCUT2D eigenvalue weighted by Crippen LogP contribution is -2.13. The van der Waals surface area contributed by atoms with Crippen LogP contribution in [0.25, 0.3) is 6.08 Å². The predicted octanol–water partition coefficient (Wildman–Crippen LogP) is 5.01. The van der Waals surface area contributed by atoms with E-state index < -0.39 is 10.0 Å². The summed E-state index contributed by atoms with van der Waals surface area (Å²) >= 11 is 0. The van der Waals surface area contributed by atoms with Crippen molar-refractivity contribution in [2.75, 3.05) is 4.72 Å². The summed E-state index contributed by atoms with van der Waals surface area (Å²) in [6.07, 6.45) is 3.15. The van der Waals surface area contributed by atoms with Gasteiger partial charge in [0.25, 0.3) is 10.0 Å². The Labute approximate surface area is 176 Å². The molecule has 3 rings (SSSR count). The number of hydrogen-bond donors (Lipinski definition) is 2. The molecular formula is C24H23NO4S. The molecule has 154 valence electrons.